The zero-order valence-corrected chi connectivity index (χ0v) is 11.9. The van der Waals surface area contributed by atoms with E-state index in [0.29, 0.717) is 12.6 Å². The molecule has 0 saturated heterocycles. The number of thiophene rings is 1. The van der Waals surface area contributed by atoms with Crippen molar-refractivity contribution in [3.8, 4) is 0 Å². The van der Waals surface area contributed by atoms with Gasteiger partial charge in [-0.1, -0.05) is 5.21 Å². The van der Waals surface area contributed by atoms with Crippen molar-refractivity contribution in [1.82, 2.24) is 19.9 Å². The maximum Gasteiger partial charge on any atom is 0.0962 e. The van der Waals surface area contributed by atoms with E-state index >= 15 is 0 Å². The highest BCUT2D eigenvalue weighted by molar-refractivity contribution is 7.10. The van der Waals surface area contributed by atoms with Gasteiger partial charge in [0.05, 0.1) is 12.2 Å². The molecule has 3 rings (SSSR count). The zero-order chi connectivity index (χ0) is 13.2. The van der Waals surface area contributed by atoms with Crippen molar-refractivity contribution in [2.24, 2.45) is 5.73 Å². The van der Waals surface area contributed by atoms with Crippen molar-refractivity contribution in [1.29, 1.82) is 0 Å². The molecule has 19 heavy (non-hydrogen) atoms. The van der Waals surface area contributed by atoms with Gasteiger partial charge in [-0.25, -0.2) is 0 Å². The molecule has 0 aromatic carbocycles. The highest BCUT2D eigenvalue weighted by Crippen LogP contribution is 2.32. The Kier molecular flexibility index (Phi) is 3.63. The first-order valence-corrected chi connectivity index (χ1v) is 7.55. The summed E-state index contributed by atoms with van der Waals surface area (Å²) in [5, 5.41) is 10.3. The van der Waals surface area contributed by atoms with Gasteiger partial charge < -0.3 is 5.73 Å². The van der Waals surface area contributed by atoms with Crippen LogP contribution >= 0.6 is 11.3 Å². The number of fused-ring (bicyclic) bond motifs is 1. The molecule has 1 unspecified atom stereocenters. The summed E-state index contributed by atoms with van der Waals surface area (Å²) in [6, 6.07) is 2.77. The normalized spacial score (nSPS) is 19.6. The Hall–Kier alpha value is -1.24. The van der Waals surface area contributed by atoms with Gasteiger partial charge in [0.2, 0.25) is 0 Å². The Labute approximate surface area is 117 Å². The number of nitrogens with two attached hydrogens (primary N) is 1. The highest BCUT2D eigenvalue weighted by atomic mass is 32.1. The molecule has 6 heteroatoms. The van der Waals surface area contributed by atoms with Crippen molar-refractivity contribution in [3.63, 3.8) is 0 Å². The van der Waals surface area contributed by atoms with Crippen LogP contribution in [0.1, 0.15) is 29.1 Å². The summed E-state index contributed by atoms with van der Waals surface area (Å²) in [4.78, 5) is 4.06. The van der Waals surface area contributed by atoms with Gasteiger partial charge in [-0.05, 0) is 30.4 Å². The minimum Gasteiger partial charge on any atom is -0.325 e. The number of nitrogens with zero attached hydrogens (tertiary/aromatic N) is 4. The number of aromatic nitrogens is 3. The number of hydrogen-bond acceptors (Lipinski definition) is 5. The van der Waals surface area contributed by atoms with Crippen molar-refractivity contribution < 1.29 is 0 Å². The molecule has 0 amide bonds. The van der Waals surface area contributed by atoms with Crippen LogP contribution in [0.4, 0.5) is 0 Å². The number of hydrogen-bond donors (Lipinski definition) is 1. The van der Waals surface area contributed by atoms with Gasteiger partial charge in [-0.3, -0.25) is 9.58 Å². The lowest BCUT2D eigenvalue weighted by atomic mass is 10.0. The quantitative estimate of drug-likeness (QED) is 0.918. The Bertz CT molecular complexity index is 547. The summed E-state index contributed by atoms with van der Waals surface area (Å²) in [5.74, 6) is 0. The second-order valence-electron chi connectivity index (χ2n) is 4.94. The average Bonchev–Trinajstić information content (AvgIpc) is 3.06. The van der Waals surface area contributed by atoms with Crippen molar-refractivity contribution >= 4 is 11.3 Å². The van der Waals surface area contributed by atoms with E-state index in [9.17, 15) is 0 Å². The fourth-order valence-corrected chi connectivity index (χ4v) is 3.60. The standard InChI is InChI=1S/C13H19N5S/c1-10-12-3-7-19-13(12)2-4-17(10)5-6-18-9-11(8-14)15-16-18/h3,7,9-10H,2,4-6,8,14H2,1H3. The third-order valence-corrected chi connectivity index (χ3v) is 4.81. The molecule has 0 aliphatic carbocycles. The van der Waals surface area contributed by atoms with E-state index < -0.39 is 0 Å². The maximum absolute atomic E-state index is 5.54. The van der Waals surface area contributed by atoms with Crippen LogP contribution in [-0.2, 0) is 19.5 Å². The summed E-state index contributed by atoms with van der Waals surface area (Å²) < 4.78 is 1.89. The van der Waals surface area contributed by atoms with E-state index in [4.69, 9.17) is 5.73 Å². The predicted octanol–water partition coefficient (Wildman–Crippen LogP) is 1.42. The molecule has 0 radical (unpaired) electrons. The summed E-state index contributed by atoms with van der Waals surface area (Å²) >= 11 is 1.88. The Balaban J connectivity index is 1.62. The van der Waals surface area contributed by atoms with Crippen molar-refractivity contribution in [3.05, 3.63) is 33.8 Å². The molecular formula is C13H19N5S. The third-order valence-electron chi connectivity index (χ3n) is 3.82. The molecule has 0 spiro atoms. The predicted molar refractivity (Wildman–Crippen MR) is 75.9 cm³/mol. The second kappa shape index (κ2) is 5.40. The lowest BCUT2D eigenvalue weighted by Crippen LogP contribution is -2.35. The van der Waals surface area contributed by atoms with Crippen molar-refractivity contribution in [2.75, 3.05) is 13.1 Å². The van der Waals surface area contributed by atoms with E-state index in [1.807, 2.05) is 22.2 Å². The molecule has 2 aromatic rings. The van der Waals surface area contributed by atoms with Gasteiger partial charge in [0.1, 0.15) is 0 Å². The van der Waals surface area contributed by atoms with E-state index in [1.165, 1.54) is 12.0 Å². The number of rotatable bonds is 4. The SMILES string of the molecule is CC1c2ccsc2CCN1CCn1cc(CN)nn1. The molecule has 3 heterocycles. The molecule has 2 aromatic heterocycles. The first kappa shape index (κ1) is 12.8. The van der Waals surface area contributed by atoms with Crippen LogP contribution in [0.5, 0.6) is 0 Å². The third kappa shape index (κ3) is 2.56. The smallest absolute Gasteiger partial charge is 0.0962 e. The topological polar surface area (TPSA) is 60.0 Å². The second-order valence-corrected chi connectivity index (χ2v) is 5.94. The van der Waals surface area contributed by atoms with E-state index in [1.54, 1.807) is 4.88 Å². The van der Waals surface area contributed by atoms with Gasteiger partial charge in [-0.2, -0.15) is 0 Å². The molecule has 0 saturated carbocycles. The molecule has 0 fully saturated rings. The molecule has 0 bridgehead atoms. The Morgan fingerprint density at radius 1 is 1.47 bits per heavy atom. The van der Waals surface area contributed by atoms with Gasteiger partial charge in [0.25, 0.3) is 0 Å². The average molecular weight is 277 g/mol. The van der Waals surface area contributed by atoms with Crippen molar-refractivity contribution in [2.45, 2.75) is 32.5 Å². The van der Waals surface area contributed by atoms with Crippen LogP contribution in [0.15, 0.2) is 17.6 Å². The summed E-state index contributed by atoms with van der Waals surface area (Å²) in [7, 11) is 0. The first-order chi connectivity index (χ1) is 9.28. The fourth-order valence-electron chi connectivity index (χ4n) is 2.64. The van der Waals surface area contributed by atoms with Gasteiger partial charge >= 0.3 is 0 Å². The zero-order valence-electron chi connectivity index (χ0n) is 11.1. The molecule has 102 valence electrons. The lowest BCUT2D eigenvalue weighted by molar-refractivity contribution is 0.189. The molecule has 1 aliphatic heterocycles. The molecule has 5 nitrogen and oxygen atoms in total. The van der Waals surface area contributed by atoms with Crippen LogP contribution in [-0.4, -0.2) is 33.0 Å². The highest BCUT2D eigenvalue weighted by Gasteiger charge is 2.24. The minimum atomic E-state index is 0.457. The molecular weight excluding hydrogens is 258 g/mol. The lowest BCUT2D eigenvalue weighted by Gasteiger charge is -2.33. The van der Waals surface area contributed by atoms with E-state index in [-0.39, 0.29) is 0 Å². The van der Waals surface area contributed by atoms with Crippen LogP contribution < -0.4 is 5.73 Å². The van der Waals surface area contributed by atoms with Gasteiger partial charge in [0, 0.05) is 36.8 Å². The molecule has 2 N–H and O–H groups in total. The summed E-state index contributed by atoms with van der Waals surface area (Å²) in [5.41, 5.74) is 7.89. The van der Waals surface area contributed by atoms with Gasteiger partial charge in [-0.15, -0.1) is 16.4 Å². The minimum absolute atomic E-state index is 0.457. The van der Waals surface area contributed by atoms with Gasteiger partial charge in [0.15, 0.2) is 0 Å². The largest absolute Gasteiger partial charge is 0.325 e. The van der Waals surface area contributed by atoms with Crippen LogP contribution in [0.2, 0.25) is 0 Å². The van der Waals surface area contributed by atoms with E-state index in [2.05, 4.69) is 33.6 Å². The van der Waals surface area contributed by atoms with Crippen LogP contribution in [0.25, 0.3) is 0 Å². The van der Waals surface area contributed by atoms with Crippen LogP contribution in [0.3, 0.4) is 0 Å². The van der Waals surface area contributed by atoms with E-state index in [0.717, 1.165) is 25.3 Å². The van der Waals surface area contributed by atoms with Crippen LogP contribution in [0, 0.1) is 0 Å². The Morgan fingerprint density at radius 3 is 3.16 bits per heavy atom. The monoisotopic (exact) mass is 277 g/mol. The first-order valence-electron chi connectivity index (χ1n) is 6.67. The molecule has 1 aliphatic rings. The Morgan fingerprint density at radius 2 is 2.37 bits per heavy atom. The summed E-state index contributed by atoms with van der Waals surface area (Å²) in [6.07, 6.45) is 3.10. The maximum atomic E-state index is 5.54. The fraction of sp³-hybridized carbons (Fsp3) is 0.538. The molecule has 1 atom stereocenters. The summed E-state index contributed by atoms with van der Waals surface area (Å²) in [6.45, 7) is 5.75.